The van der Waals surface area contributed by atoms with E-state index in [1.54, 1.807) is 29.2 Å². The highest BCUT2D eigenvalue weighted by Gasteiger charge is 2.36. The number of nitrogens with one attached hydrogen (secondary N) is 1. The largest absolute Gasteiger partial charge is 0.324 e. The van der Waals surface area contributed by atoms with Gasteiger partial charge in [0.2, 0.25) is 11.8 Å². The molecule has 1 aromatic carbocycles. The van der Waals surface area contributed by atoms with Crippen molar-refractivity contribution >= 4 is 63.5 Å². The Kier molecular flexibility index (Phi) is 5.50. The normalized spacial score (nSPS) is 18.2. The Labute approximate surface area is 175 Å². The second-order valence-electron chi connectivity index (χ2n) is 6.53. The van der Waals surface area contributed by atoms with Gasteiger partial charge in [-0.2, -0.15) is 0 Å². The number of thioether (sulfide) groups is 1. The fourth-order valence-corrected chi connectivity index (χ4v) is 4.72. The molecule has 2 aliphatic heterocycles. The fourth-order valence-electron chi connectivity index (χ4n) is 3.16. The molecule has 0 saturated carbocycles. The first kappa shape index (κ1) is 19.4. The Morgan fingerprint density at radius 2 is 2.03 bits per heavy atom. The molecule has 1 aromatic heterocycles. The number of amides is 4. The van der Waals surface area contributed by atoms with E-state index < -0.39 is 17.1 Å². The number of nitrogens with zero attached hydrogens (tertiary/aromatic N) is 2. The first-order valence-corrected chi connectivity index (χ1v) is 10.7. The van der Waals surface area contributed by atoms with Crippen molar-refractivity contribution in [3.8, 4) is 0 Å². The van der Waals surface area contributed by atoms with Gasteiger partial charge in [0.15, 0.2) is 0 Å². The van der Waals surface area contributed by atoms with Gasteiger partial charge in [-0.3, -0.25) is 24.1 Å². The molecule has 0 aliphatic carbocycles. The third kappa shape index (κ3) is 4.25. The maximum atomic E-state index is 12.5. The van der Waals surface area contributed by atoms with Gasteiger partial charge in [0.05, 0.1) is 4.91 Å². The summed E-state index contributed by atoms with van der Waals surface area (Å²) in [6.07, 6.45) is 2.99. The van der Waals surface area contributed by atoms with Crippen LogP contribution in [0.2, 0.25) is 0 Å². The molecule has 2 aromatic rings. The van der Waals surface area contributed by atoms with Gasteiger partial charge in [0.1, 0.15) is 6.54 Å². The van der Waals surface area contributed by atoms with Crippen LogP contribution in [0.4, 0.5) is 16.2 Å². The molecular formula is C20H17N3O4S2. The predicted molar refractivity (Wildman–Crippen MR) is 114 cm³/mol. The summed E-state index contributed by atoms with van der Waals surface area (Å²) in [5, 5.41) is 4.11. The summed E-state index contributed by atoms with van der Waals surface area (Å²) in [5.41, 5.74) is 1.23. The summed E-state index contributed by atoms with van der Waals surface area (Å²) >= 11 is 2.29. The zero-order valence-electron chi connectivity index (χ0n) is 15.3. The molecule has 0 unspecified atom stereocenters. The smallest absolute Gasteiger partial charge is 0.294 e. The van der Waals surface area contributed by atoms with Crippen LogP contribution in [-0.4, -0.2) is 41.0 Å². The molecule has 148 valence electrons. The molecule has 9 heteroatoms. The minimum Gasteiger partial charge on any atom is -0.324 e. The van der Waals surface area contributed by atoms with E-state index in [4.69, 9.17) is 0 Å². The fraction of sp³-hybridized carbons (Fsp3) is 0.200. The van der Waals surface area contributed by atoms with Crippen LogP contribution in [0.3, 0.4) is 0 Å². The lowest BCUT2D eigenvalue weighted by atomic mass is 10.2. The van der Waals surface area contributed by atoms with Crippen molar-refractivity contribution in [3.63, 3.8) is 0 Å². The molecule has 0 spiro atoms. The van der Waals surface area contributed by atoms with E-state index in [1.165, 1.54) is 11.3 Å². The molecule has 2 fully saturated rings. The van der Waals surface area contributed by atoms with E-state index in [9.17, 15) is 19.2 Å². The van der Waals surface area contributed by atoms with Crippen molar-refractivity contribution in [3.05, 3.63) is 51.6 Å². The first-order chi connectivity index (χ1) is 14.0. The van der Waals surface area contributed by atoms with Crippen LogP contribution in [0.1, 0.15) is 17.7 Å². The Morgan fingerprint density at radius 1 is 1.17 bits per heavy atom. The standard InChI is InChI=1S/C20H17N3O4S2/c24-17(21-13-4-1-5-14(10-13)22-8-2-7-18(22)25)12-23-19(26)16(29-20(23)27)11-15-6-3-9-28-15/h1,3-6,9-11H,2,7-8,12H2,(H,21,24)/b16-11-. The molecule has 29 heavy (non-hydrogen) atoms. The lowest BCUT2D eigenvalue weighted by Crippen LogP contribution is -2.36. The number of thiophene rings is 1. The number of hydrogen-bond acceptors (Lipinski definition) is 6. The predicted octanol–water partition coefficient (Wildman–Crippen LogP) is 3.55. The Morgan fingerprint density at radius 3 is 2.76 bits per heavy atom. The molecule has 2 saturated heterocycles. The number of carbonyl (C=O) groups is 4. The minimum absolute atomic E-state index is 0.0591. The number of hydrogen-bond donors (Lipinski definition) is 1. The topological polar surface area (TPSA) is 86.8 Å². The number of rotatable bonds is 5. The average molecular weight is 428 g/mol. The summed E-state index contributed by atoms with van der Waals surface area (Å²) in [7, 11) is 0. The lowest BCUT2D eigenvalue weighted by Gasteiger charge is -2.17. The number of anilines is 2. The van der Waals surface area contributed by atoms with Crippen LogP contribution < -0.4 is 10.2 Å². The van der Waals surface area contributed by atoms with E-state index in [1.807, 2.05) is 23.6 Å². The summed E-state index contributed by atoms with van der Waals surface area (Å²) < 4.78 is 0. The van der Waals surface area contributed by atoms with Gasteiger partial charge >= 0.3 is 0 Å². The number of imide groups is 1. The summed E-state index contributed by atoms with van der Waals surface area (Å²) in [4.78, 5) is 52.8. The van der Waals surface area contributed by atoms with Crippen molar-refractivity contribution in [2.75, 3.05) is 23.3 Å². The van der Waals surface area contributed by atoms with Gasteiger partial charge < -0.3 is 10.2 Å². The first-order valence-electron chi connectivity index (χ1n) is 9.00. The third-order valence-corrected chi connectivity index (χ3v) is 6.23. The molecule has 4 rings (SSSR count). The summed E-state index contributed by atoms with van der Waals surface area (Å²) in [6.45, 7) is 0.295. The molecule has 2 aliphatic rings. The molecule has 0 atom stereocenters. The van der Waals surface area contributed by atoms with Crippen molar-refractivity contribution in [2.45, 2.75) is 12.8 Å². The molecule has 1 N–H and O–H groups in total. The molecule has 0 radical (unpaired) electrons. The van der Waals surface area contributed by atoms with Gasteiger partial charge in [-0.05, 0) is 53.9 Å². The molecule has 7 nitrogen and oxygen atoms in total. The second-order valence-corrected chi connectivity index (χ2v) is 8.50. The van der Waals surface area contributed by atoms with Crippen molar-refractivity contribution in [1.29, 1.82) is 0 Å². The zero-order valence-corrected chi connectivity index (χ0v) is 16.9. The summed E-state index contributed by atoms with van der Waals surface area (Å²) in [6, 6.07) is 10.7. The van der Waals surface area contributed by atoms with Crippen molar-refractivity contribution in [2.24, 2.45) is 0 Å². The number of carbonyl (C=O) groups excluding carboxylic acids is 4. The van der Waals surface area contributed by atoms with E-state index in [2.05, 4.69) is 5.32 Å². The highest BCUT2D eigenvalue weighted by molar-refractivity contribution is 8.18. The molecule has 0 bridgehead atoms. The lowest BCUT2D eigenvalue weighted by molar-refractivity contribution is -0.127. The zero-order chi connectivity index (χ0) is 20.4. The van der Waals surface area contributed by atoms with Crippen LogP contribution in [-0.2, 0) is 14.4 Å². The molecular weight excluding hydrogens is 410 g/mol. The van der Waals surface area contributed by atoms with Gasteiger partial charge in [0.25, 0.3) is 11.1 Å². The van der Waals surface area contributed by atoms with Gasteiger partial charge in [0, 0.05) is 29.2 Å². The van der Waals surface area contributed by atoms with Gasteiger partial charge in [-0.15, -0.1) is 11.3 Å². The Balaban J connectivity index is 1.41. The van der Waals surface area contributed by atoms with E-state index >= 15 is 0 Å². The van der Waals surface area contributed by atoms with E-state index in [0.717, 1.165) is 33.6 Å². The third-order valence-electron chi connectivity index (χ3n) is 4.51. The highest BCUT2D eigenvalue weighted by atomic mass is 32.2. The second kappa shape index (κ2) is 8.22. The van der Waals surface area contributed by atoms with Crippen LogP contribution >= 0.6 is 23.1 Å². The van der Waals surface area contributed by atoms with E-state index in [-0.39, 0.29) is 12.5 Å². The van der Waals surface area contributed by atoms with Crippen LogP contribution in [0.15, 0.2) is 46.7 Å². The summed E-state index contributed by atoms with van der Waals surface area (Å²) in [5.74, 6) is -0.890. The molecule has 4 amide bonds. The monoisotopic (exact) mass is 427 g/mol. The van der Waals surface area contributed by atoms with Crippen LogP contribution in [0, 0.1) is 0 Å². The SMILES string of the molecule is O=C(CN1C(=O)S/C(=C\c2cccs2)C1=O)Nc1cccc(N2CCCC2=O)c1. The molecule has 3 heterocycles. The highest BCUT2D eigenvalue weighted by Crippen LogP contribution is 2.33. The van der Waals surface area contributed by atoms with E-state index in [0.29, 0.717) is 23.6 Å². The van der Waals surface area contributed by atoms with Crippen LogP contribution in [0.25, 0.3) is 6.08 Å². The maximum Gasteiger partial charge on any atom is 0.294 e. The van der Waals surface area contributed by atoms with Gasteiger partial charge in [-0.25, -0.2) is 0 Å². The number of benzene rings is 1. The van der Waals surface area contributed by atoms with Crippen molar-refractivity contribution in [1.82, 2.24) is 4.90 Å². The maximum absolute atomic E-state index is 12.5. The quantitative estimate of drug-likeness (QED) is 0.738. The van der Waals surface area contributed by atoms with Crippen molar-refractivity contribution < 1.29 is 19.2 Å². The Hall–Kier alpha value is -2.91. The average Bonchev–Trinajstić information content (AvgIpc) is 3.41. The Bertz CT molecular complexity index is 1020. The van der Waals surface area contributed by atoms with Crippen LogP contribution in [0.5, 0.6) is 0 Å². The minimum atomic E-state index is -0.477. The van der Waals surface area contributed by atoms with Gasteiger partial charge in [-0.1, -0.05) is 12.1 Å².